The lowest BCUT2D eigenvalue weighted by Crippen LogP contribution is -2.51. The van der Waals surface area contributed by atoms with Crippen molar-refractivity contribution < 1.29 is 13.7 Å². The molecule has 1 aliphatic heterocycles. The molecule has 0 spiro atoms. The lowest BCUT2D eigenvalue weighted by Gasteiger charge is -2.43. The van der Waals surface area contributed by atoms with Crippen LogP contribution in [0, 0.1) is 11.2 Å². The number of halogens is 1. The number of primary amides is 1. The number of benzene rings is 1. The SMILES string of the molecule is CC1=C(C(N)=O)C=C(C(C)(C)C)[N+]1(CCc1ccc(F)cc1)CCN(C)C. The Morgan fingerprint density at radius 1 is 1.15 bits per heavy atom. The average Bonchev–Trinajstić information content (AvgIpc) is 2.86. The van der Waals surface area contributed by atoms with Crippen LogP contribution in [0.3, 0.4) is 0 Å². The predicted octanol–water partition coefficient (Wildman–Crippen LogP) is 3.45. The lowest BCUT2D eigenvalue weighted by atomic mass is 9.89. The van der Waals surface area contributed by atoms with E-state index in [1.54, 1.807) is 0 Å². The second kappa shape index (κ2) is 7.95. The first-order valence-electron chi connectivity index (χ1n) is 9.47. The van der Waals surface area contributed by atoms with Crippen LogP contribution >= 0.6 is 0 Å². The van der Waals surface area contributed by atoms with Crippen molar-refractivity contribution in [2.75, 3.05) is 33.7 Å². The molecule has 1 amide bonds. The van der Waals surface area contributed by atoms with Crippen molar-refractivity contribution in [1.29, 1.82) is 0 Å². The maximum atomic E-state index is 13.3. The monoisotopic (exact) mass is 374 g/mol. The van der Waals surface area contributed by atoms with Gasteiger partial charge >= 0.3 is 0 Å². The molecule has 1 aromatic carbocycles. The fourth-order valence-corrected chi connectivity index (χ4v) is 3.91. The average molecular weight is 375 g/mol. The van der Waals surface area contributed by atoms with Crippen molar-refractivity contribution in [3.05, 3.63) is 58.7 Å². The minimum atomic E-state index is -0.374. The molecule has 0 aromatic heterocycles. The van der Waals surface area contributed by atoms with Crippen LogP contribution in [0.2, 0.25) is 0 Å². The van der Waals surface area contributed by atoms with E-state index in [-0.39, 0.29) is 17.1 Å². The molecule has 1 heterocycles. The second-order valence-electron chi connectivity index (χ2n) is 8.74. The molecule has 1 aromatic rings. The Morgan fingerprint density at radius 3 is 2.22 bits per heavy atom. The van der Waals surface area contributed by atoms with E-state index in [1.807, 2.05) is 25.1 Å². The summed E-state index contributed by atoms with van der Waals surface area (Å²) < 4.78 is 13.9. The minimum Gasteiger partial charge on any atom is -0.365 e. The molecule has 148 valence electrons. The van der Waals surface area contributed by atoms with E-state index in [0.29, 0.717) is 10.1 Å². The van der Waals surface area contributed by atoms with Crippen LogP contribution in [0.4, 0.5) is 4.39 Å². The Morgan fingerprint density at radius 2 is 1.74 bits per heavy atom. The first-order valence-corrected chi connectivity index (χ1v) is 9.47. The molecular formula is C22H33FN3O+. The van der Waals surface area contributed by atoms with Crippen molar-refractivity contribution >= 4 is 5.91 Å². The van der Waals surface area contributed by atoms with Gasteiger partial charge in [0.05, 0.1) is 6.54 Å². The van der Waals surface area contributed by atoms with Crippen LogP contribution in [0.5, 0.6) is 0 Å². The van der Waals surface area contributed by atoms with Crippen molar-refractivity contribution in [2.24, 2.45) is 11.1 Å². The van der Waals surface area contributed by atoms with Crippen LogP contribution in [-0.2, 0) is 11.2 Å². The van der Waals surface area contributed by atoms with Gasteiger partial charge < -0.3 is 10.6 Å². The number of amides is 1. The van der Waals surface area contributed by atoms with Crippen LogP contribution in [0.15, 0.2) is 47.3 Å². The number of nitrogens with two attached hydrogens (primary N) is 1. The Balaban J connectivity index is 2.47. The lowest BCUT2D eigenvalue weighted by molar-refractivity contribution is -0.857. The van der Waals surface area contributed by atoms with Gasteiger partial charge in [-0.15, -0.1) is 0 Å². The Hall–Kier alpha value is -1.98. The quantitative estimate of drug-likeness (QED) is 0.743. The van der Waals surface area contributed by atoms with Gasteiger partial charge in [-0.05, 0) is 31.8 Å². The first kappa shape index (κ1) is 21.3. The number of carbonyl (C=O) groups excluding carboxylic acids is 1. The zero-order chi connectivity index (χ0) is 20.4. The standard InChI is InChI=1S/C22H32FN3O/c1-16-19(21(24)27)15-20(22(2,3)4)26(16,14-12-25(5)6)13-11-17-7-9-18(23)10-8-17/h7-10,15H,11-14H2,1-6H3,(H-,24,27)/p+1. The van der Waals surface area contributed by atoms with Gasteiger partial charge in [-0.3, -0.25) is 9.28 Å². The number of nitrogens with zero attached hydrogens (tertiary/aromatic N) is 2. The van der Waals surface area contributed by atoms with E-state index in [0.717, 1.165) is 37.3 Å². The number of likely N-dealkylation sites (N-methyl/N-ethyl adjacent to an activating group) is 1. The summed E-state index contributed by atoms with van der Waals surface area (Å²) >= 11 is 0. The molecule has 0 radical (unpaired) electrons. The normalized spacial score (nSPS) is 20.4. The number of carbonyl (C=O) groups is 1. The van der Waals surface area contributed by atoms with E-state index in [2.05, 4.69) is 39.8 Å². The molecule has 1 aliphatic rings. The second-order valence-corrected chi connectivity index (χ2v) is 8.74. The van der Waals surface area contributed by atoms with E-state index < -0.39 is 0 Å². The highest BCUT2D eigenvalue weighted by Crippen LogP contribution is 2.44. The number of hydrogen-bond acceptors (Lipinski definition) is 2. The molecule has 0 saturated heterocycles. The number of quaternary nitrogens is 1. The fraction of sp³-hybridized carbons (Fsp3) is 0.500. The molecule has 1 atom stereocenters. The molecule has 0 bridgehead atoms. The summed E-state index contributed by atoms with van der Waals surface area (Å²) in [5.74, 6) is -0.598. The number of allylic oxidation sites excluding steroid dienone is 2. The van der Waals surface area contributed by atoms with Crippen molar-refractivity contribution in [1.82, 2.24) is 4.90 Å². The molecule has 2 rings (SSSR count). The molecular weight excluding hydrogens is 341 g/mol. The van der Waals surface area contributed by atoms with Gasteiger partial charge in [0.15, 0.2) is 0 Å². The third-order valence-corrected chi connectivity index (χ3v) is 5.43. The highest BCUT2D eigenvalue weighted by atomic mass is 19.1. The Labute approximate surface area is 162 Å². The third-order valence-electron chi connectivity index (χ3n) is 5.43. The van der Waals surface area contributed by atoms with Gasteiger partial charge in [-0.1, -0.05) is 32.9 Å². The first-order chi connectivity index (χ1) is 12.5. The molecule has 0 saturated carbocycles. The van der Waals surface area contributed by atoms with Crippen molar-refractivity contribution in [3.63, 3.8) is 0 Å². The van der Waals surface area contributed by atoms with Gasteiger partial charge in [0.25, 0.3) is 5.91 Å². The number of hydrogen-bond donors (Lipinski definition) is 1. The zero-order valence-corrected chi connectivity index (χ0v) is 17.5. The summed E-state index contributed by atoms with van der Waals surface area (Å²) in [5.41, 5.74) is 9.52. The van der Waals surface area contributed by atoms with Crippen LogP contribution in [-0.4, -0.2) is 49.0 Å². The fourth-order valence-electron chi connectivity index (χ4n) is 3.91. The van der Waals surface area contributed by atoms with E-state index in [4.69, 9.17) is 5.73 Å². The molecule has 4 nitrogen and oxygen atoms in total. The maximum Gasteiger partial charge on any atom is 0.254 e. The molecule has 0 aliphatic carbocycles. The maximum absolute atomic E-state index is 13.3. The highest BCUT2D eigenvalue weighted by Gasteiger charge is 2.47. The van der Waals surface area contributed by atoms with Crippen molar-refractivity contribution in [3.8, 4) is 0 Å². The summed E-state index contributed by atoms with van der Waals surface area (Å²) in [5, 5.41) is 0. The summed E-state index contributed by atoms with van der Waals surface area (Å²) in [4.78, 5) is 14.2. The molecule has 1 unspecified atom stereocenters. The Bertz CT molecular complexity index is 757. The van der Waals surface area contributed by atoms with E-state index in [1.165, 1.54) is 17.8 Å². The molecule has 27 heavy (non-hydrogen) atoms. The van der Waals surface area contributed by atoms with Gasteiger partial charge in [0, 0.05) is 31.4 Å². The highest BCUT2D eigenvalue weighted by molar-refractivity contribution is 5.96. The van der Waals surface area contributed by atoms with Gasteiger partial charge in [0.1, 0.15) is 29.3 Å². The van der Waals surface area contributed by atoms with Gasteiger partial charge in [-0.2, -0.15) is 0 Å². The van der Waals surface area contributed by atoms with E-state index >= 15 is 0 Å². The summed E-state index contributed by atoms with van der Waals surface area (Å²) in [6.45, 7) is 11.1. The summed E-state index contributed by atoms with van der Waals surface area (Å²) in [6, 6.07) is 6.67. The third kappa shape index (κ3) is 4.66. The molecule has 5 heteroatoms. The van der Waals surface area contributed by atoms with Crippen LogP contribution in [0.1, 0.15) is 33.3 Å². The van der Waals surface area contributed by atoms with E-state index in [9.17, 15) is 9.18 Å². The predicted molar refractivity (Wildman–Crippen MR) is 108 cm³/mol. The smallest absolute Gasteiger partial charge is 0.254 e. The summed E-state index contributed by atoms with van der Waals surface area (Å²) in [7, 11) is 4.11. The van der Waals surface area contributed by atoms with Gasteiger partial charge in [0.2, 0.25) is 0 Å². The molecule has 0 fully saturated rings. The number of rotatable bonds is 7. The van der Waals surface area contributed by atoms with Crippen LogP contribution in [0.25, 0.3) is 0 Å². The van der Waals surface area contributed by atoms with Gasteiger partial charge in [-0.25, -0.2) is 4.39 Å². The van der Waals surface area contributed by atoms with Crippen molar-refractivity contribution in [2.45, 2.75) is 34.1 Å². The topological polar surface area (TPSA) is 46.3 Å². The zero-order valence-electron chi connectivity index (χ0n) is 17.5. The largest absolute Gasteiger partial charge is 0.365 e. The minimum absolute atomic E-state index is 0.104. The van der Waals surface area contributed by atoms with Crippen LogP contribution < -0.4 is 5.73 Å². The Kier molecular flexibility index (Phi) is 6.28. The summed E-state index contributed by atoms with van der Waals surface area (Å²) in [6.07, 6.45) is 2.79. The molecule has 2 N–H and O–H groups in total.